The fourth-order valence-electron chi connectivity index (χ4n) is 2.23. The summed E-state index contributed by atoms with van der Waals surface area (Å²) < 4.78 is 44.8. The number of ether oxygens (including phenoxy) is 1. The normalized spacial score (nSPS) is 11.7. The van der Waals surface area contributed by atoms with E-state index in [4.69, 9.17) is 10.5 Å². The molecule has 3 rings (SSSR count). The first-order valence-electron chi connectivity index (χ1n) is 6.39. The number of nitrogens with zero attached hydrogens (tertiary/aromatic N) is 1. The summed E-state index contributed by atoms with van der Waals surface area (Å²) in [5, 5.41) is 0.720. The smallest absolute Gasteiger partial charge is 0.268 e. The summed E-state index contributed by atoms with van der Waals surface area (Å²) in [6.45, 7) is 0. The van der Waals surface area contributed by atoms with Gasteiger partial charge in [0.25, 0.3) is 10.0 Å². The SMILES string of the molecule is COc1ccc2c(ccn2S(=O)(=O)c2ccc(F)c(N)c2)c1. The minimum Gasteiger partial charge on any atom is -0.497 e. The molecule has 7 heteroatoms. The number of nitrogen functional groups attached to an aromatic ring is 1. The molecule has 5 nitrogen and oxygen atoms in total. The molecule has 0 unspecified atom stereocenters. The molecule has 0 fully saturated rings. The topological polar surface area (TPSA) is 74.3 Å². The van der Waals surface area contributed by atoms with E-state index < -0.39 is 15.8 Å². The van der Waals surface area contributed by atoms with E-state index in [0.717, 1.165) is 21.5 Å². The maximum absolute atomic E-state index is 13.2. The fourth-order valence-corrected chi connectivity index (χ4v) is 3.62. The molecule has 0 aliphatic heterocycles. The van der Waals surface area contributed by atoms with Gasteiger partial charge in [-0.15, -0.1) is 0 Å². The number of rotatable bonds is 3. The van der Waals surface area contributed by atoms with E-state index in [1.54, 1.807) is 24.3 Å². The largest absolute Gasteiger partial charge is 0.497 e. The first kappa shape index (κ1) is 14.4. The second-order valence-electron chi connectivity index (χ2n) is 4.72. The van der Waals surface area contributed by atoms with Crippen LogP contribution in [0.4, 0.5) is 10.1 Å². The van der Waals surface area contributed by atoms with Crippen molar-refractivity contribution in [1.29, 1.82) is 0 Å². The van der Waals surface area contributed by atoms with Gasteiger partial charge in [0.15, 0.2) is 0 Å². The molecular weight excluding hydrogens is 307 g/mol. The van der Waals surface area contributed by atoms with Crippen molar-refractivity contribution in [1.82, 2.24) is 3.97 Å². The average Bonchev–Trinajstić information content (AvgIpc) is 2.93. The van der Waals surface area contributed by atoms with Crippen LogP contribution in [-0.4, -0.2) is 19.5 Å². The third kappa shape index (κ3) is 2.19. The Bertz CT molecular complexity index is 964. The predicted octanol–water partition coefficient (Wildman–Crippen LogP) is 2.61. The standard InChI is InChI=1S/C15H13FN2O3S/c1-21-11-2-5-15-10(8-11)6-7-18(15)22(19,20)12-3-4-13(16)14(17)9-12/h2-9H,17H2,1H3. The number of anilines is 1. The molecule has 1 aromatic heterocycles. The van der Waals surface area contributed by atoms with Gasteiger partial charge in [-0.3, -0.25) is 0 Å². The zero-order valence-corrected chi connectivity index (χ0v) is 12.5. The van der Waals surface area contributed by atoms with Gasteiger partial charge in [0.1, 0.15) is 11.6 Å². The highest BCUT2D eigenvalue weighted by Crippen LogP contribution is 2.26. The maximum Gasteiger partial charge on any atom is 0.268 e. The molecule has 0 radical (unpaired) electrons. The number of nitrogens with two attached hydrogens (primary N) is 1. The van der Waals surface area contributed by atoms with Crippen molar-refractivity contribution in [3.05, 3.63) is 54.5 Å². The van der Waals surface area contributed by atoms with Gasteiger partial charge in [-0.2, -0.15) is 0 Å². The lowest BCUT2D eigenvalue weighted by molar-refractivity contribution is 0.415. The minimum atomic E-state index is -3.85. The quantitative estimate of drug-likeness (QED) is 0.753. The maximum atomic E-state index is 13.2. The average molecular weight is 320 g/mol. The fraction of sp³-hybridized carbons (Fsp3) is 0.0667. The van der Waals surface area contributed by atoms with E-state index >= 15 is 0 Å². The molecule has 22 heavy (non-hydrogen) atoms. The van der Waals surface area contributed by atoms with Gasteiger partial charge in [-0.25, -0.2) is 16.8 Å². The van der Waals surface area contributed by atoms with Crippen LogP contribution in [0.1, 0.15) is 0 Å². The zero-order valence-electron chi connectivity index (χ0n) is 11.7. The summed E-state index contributed by atoms with van der Waals surface area (Å²) in [4.78, 5) is -0.0697. The molecule has 0 amide bonds. The summed E-state index contributed by atoms with van der Waals surface area (Å²) in [6.07, 6.45) is 1.44. The lowest BCUT2D eigenvalue weighted by atomic mass is 10.2. The van der Waals surface area contributed by atoms with Crippen molar-refractivity contribution in [2.24, 2.45) is 0 Å². The number of halogens is 1. The van der Waals surface area contributed by atoms with Crippen LogP contribution in [0.3, 0.4) is 0 Å². The Balaban J connectivity index is 2.18. The van der Waals surface area contributed by atoms with Gasteiger partial charge in [0.2, 0.25) is 0 Å². The predicted molar refractivity (Wildman–Crippen MR) is 81.9 cm³/mol. The van der Waals surface area contributed by atoms with E-state index in [0.29, 0.717) is 11.3 Å². The summed E-state index contributed by atoms with van der Waals surface area (Å²) in [5.41, 5.74) is 5.75. The van der Waals surface area contributed by atoms with Crippen LogP contribution in [0.5, 0.6) is 5.75 Å². The Morgan fingerprint density at radius 2 is 1.91 bits per heavy atom. The molecule has 2 N–H and O–H groups in total. The number of hydrogen-bond acceptors (Lipinski definition) is 4. The minimum absolute atomic E-state index is 0.0697. The number of methoxy groups -OCH3 is 1. The molecule has 0 bridgehead atoms. The first-order valence-corrected chi connectivity index (χ1v) is 7.83. The van der Waals surface area contributed by atoms with E-state index in [9.17, 15) is 12.8 Å². The lowest BCUT2D eigenvalue weighted by Gasteiger charge is -2.09. The van der Waals surface area contributed by atoms with Crippen molar-refractivity contribution in [2.75, 3.05) is 12.8 Å². The Hall–Kier alpha value is -2.54. The van der Waals surface area contributed by atoms with Crippen LogP contribution in [0, 0.1) is 5.82 Å². The molecule has 3 aromatic rings. The molecular formula is C15H13FN2O3S. The van der Waals surface area contributed by atoms with Gasteiger partial charge < -0.3 is 10.5 Å². The number of fused-ring (bicyclic) bond motifs is 1. The highest BCUT2D eigenvalue weighted by atomic mass is 32.2. The van der Waals surface area contributed by atoms with Gasteiger partial charge in [-0.1, -0.05) is 0 Å². The molecule has 0 saturated carbocycles. The summed E-state index contributed by atoms with van der Waals surface area (Å²) in [5.74, 6) is -0.0188. The first-order chi connectivity index (χ1) is 10.4. The number of aromatic nitrogens is 1. The van der Waals surface area contributed by atoms with Crippen LogP contribution < -0.4 is 10.5 Å². The third-order valence-corrected chi connectivity index (χ3v) is 5.07. The van der Waals surface area contributed by atoms with E-state index in [-0.39, 0.29) is 10.6 Å². The van der Waals surface area contributed by atoms with Crippen molar-refractivity contribution in [3.63, 3.8) is 0 Å². The highest BCUT2D eigenvalue weighted by Gasteiger charge is 2.20. The second-order valence-corrected chi connectivity index (χ2v) is 6.54. The second kappa shape index (κ2) is 5.03. The summed E-state index contributed by atoms with van der Waals surface area (Å²) >= 11 is 0. The summed E-state index contributed by atoms with van der Waals surface area (Å²) in [6, 6.07) is 10.1. The van der Waals surface area contributed by atoms with Gasteiger partial charge in [0, 0.05) is 11.6 Å². The lowest BCUT2D eigenvalue weighted by Crippen LogP contribution is -2.12. The Morgan fingerprint density at radius 3 is 2.59 bits per heavy atom. The molecule has 114 valence electrons. The van der Waals surface area contributed by atoms with E-state index in [1.165, 1.54) is 19.4 Å². The number of benzene rings is 2. The molecule has 0 aliphatic rings. The van der Waals surface area contributed by atoms with Crippen molar-refractivity contribution >= 4 is 26.6 Å². The van der Waals surface area contributed by atoms with Crippen LogP contribution in [-0.2, 0) is 10.0 Å². The van der Waals surface area contributed by atoms with E-state index in [2.05, 4.69) is 0 Å². The Kier molecular flexibility index (Phi) is 3.29. The van der Waals surface area contributed by atoms with Gasteiger partial charge in [0.05, 0.1) is 23.2 Å². The molecule has 1 heterocycles. The molecule has 2 aromatic carbocycles. The third-order valence-electron chi connectivity index (χ3n) is 3.39. The van der Waals surface area contributed by atoms with Crippen molar-refractivity contribution in [3.8, 4) is 5.75 Å². The molecule has 0 atom stereocenters. The Labute approximate surface area is 126 Å². The molecule has 0 saturated heterocycles. The molecule has 0 aliphatic carbocycles. The summed E-state index contributed by atoms with van der Waals surface area (Å²) in [7, 11) is -2.31. The monoisotopic (exact) mass is 320 g/mol. The van der Waals surface area contributed by atoms with Gasteiger partial charge >= 0.3 is 0 Å². The Morgan fingerprint density at radius 1 is 1.14 bits per heavy atom. The van der Waals surface area contributed by atoms with Crippen LogP contribution in [0.25, 0.3) is 10.9 Å². The number of hydrogen-bond donors (Lipinski definition) is 1. The van der Waals surface area contributed by atoms with Crippen LogP contribution in [0.2, 0.25) is 0 Å². The van der Waals surface area contributed by atoms with Gasteiger partial charge in [-0.05, 0) is 42.5 Å². The van der Waals surface area contributed by atoms with Crippen molar-refractivity contribution < 1.29 is 17.5 Å². The highest BCUT2D eigenvalue weighted by molar-refractivity contribution is 7.90. The van der Waals surface area contributed by atoms with Crippen LogP contribution >= 0.6 is 0 Å². The van der Waals surface area contributed by atoms with Crippen molar-refractivity contribution in [2.45, 2.75) is 4.90 Å². The van der Waals surface area contributed by atoms with Crippen LogP contribution in [0.15, 0.2) is 53.6 Å². The zero-order chi connectivity index (χ0) is 15.9. The van der Waals surface area contributed by atoms with E-state index in [1.807, 2.05) is 0 Å². The molecule has 0 spiro atoms.